The maximum Gasteiger partial charge on any atom is 0.129 e. The lowest BCUT2D eigenvalue weighted by Gasteiger charge is -2.22. The van der Waals surface area contributed by atoms with Gasteiger partial charge in [-0.1, -0.05) is 65.7 Å². The van der Waals surface area contributed by atoms with Crippen LogP contribution in [-0.4, -0.2) is 13.6 Å². The van der Waals surface area contributed by atoms with E-state index >= 15 is 0 Å². The second-order valence-corrected chi connectivity index (χ2v) is 5.07. The fourth-order valence-corrected chi connectivity index (χ4v) is 1.99. The van der Waals surface area contributed by atoms with Gasteiger partial charge in [0.05, 0.1) is 7.85 Å². The molecule has 0 rings (SSSR count). The van der Waals surface area contributed by atoms with E-state index in [9.17, 15) is 4.79 Å². The number of hydrogen-bond acceptors (Lipinski definition) is 1. The van der Waals surface area contributed by atoms with Crippen LogP contribution < -0.4 is 0 Å². The maximum atomic E-state index is 11.5. The Hall–Kier alpha value is -0.265. The summed E-state index contributed by atoms with van der Waals surface area (Å²) in [5, 5.41) is -0.585. The second kappa shape index (κ2) is 8.84. The summed E-state index contributed by atoms with van der Waals surface area (Å²) >= 11 is 0. The van der Waals surface area contributed by atoms with E-state index in [0.717, 1.165) is 12.8 Å². The van der Waals surface area contributed by atoms with Gasteiger partial charge in [0, 0.05) is 6.42 Å². The van der Waals surface area contributed by atoms with Gasteiger partial charge < -0.3 is 0 Å². The summed E-state index contributed by atoms with van der Waals surface area (Å²) in [4.78, 5) is 11.5. The molecule has 16 heavy (non-hydrogen) atoms. The van der Waals surface area contributed by atoms with Crippen molar-refractivity contribution in [2.24, 2.45) is 0 Å². The standard InChI is InChI=1S/C14H27BO/c1-4-6-7-8-9-10-11-12-14(3,15)13(16)5-2/h4-12H2,1-3H3. The monoisotopic (exact) mass is 222 g/mol. The highest BCUT2D eigenvalue weighted by Crippen LogP contribution is 2.30. The quantitative estimate of drug-likeness (QED) is 0.394. The zero-order valence-corrected chi connectivity index (χ0v) is 11.3. The van der Waals surface area contributed by atoms with Crippen LogP contribution in [0.25, 0.3) is 0 Å². The van der Waals surface area contributed by atoms with E-state index in [-0.39, 0.29) is 5.78 Å². The van der Waals surface area contributed by atoms with Crippen molar-refractivity contribution in [3.63, 3.8) is 0 Å². The molecule has 2 radical (unpaired) electrons. The molecule has 0 aliphatic carbocycles. The molecule has 0 saturated heterocycles. The topological polar surface area (TPSA) is 17.1 Å². The molecule has 1 atom stereocenters. The Bertz CT molecular complexity index is 187. The number of ketones is 1. The van der Waals surface area contributed by atoms with Crippen LogP contribution in [0.4, 0.5) is 0 Å². The Kier molecular flexibility index (Phi) is 8.69. The van der Waals surface area contributed by atoms with Crippen LogP contribution in [0.15, 0.2) is 0 Å². The molecule has 2 heteroatoms. The molecule has 92 valence electrons. The minimum absolute atomic E-state index is 0.193. The Morgan fingerprint density at radius 1 is 1.00 bits per heavy atom. The molecule has 0 N–H and O–H groups in total. The van der Waals surface area contributed by atoms with Crippen LogP contribution in [0.2, 0.25) is 5.31 Å². The van der Waals surface area contributed by atoms with Crippen molar-refractivity contribution < 1.29 is 4.79 Å². The van der Waals surface area contributed by atoms with Gasteiger partial charge in [-0.15, -0.1) is 0 Å². The average molecular weight is 222 g/mol. The molecule has 0 spiro atoms. The normalized spacial score (nSPS) is 14.7. The van der Waals surface area contributed by atoms with Gasteiger partial charge in [0.1, 0.15) is 5.78 Å². The van der Waals surface area contributed by atoms with Gasteiger partial charge in [-0.3, -0.25) is 4.79 Å². The Balaban J connectivity index is 3.47. The zero-order valence-electron chi connectivity index (χ0n) is 11.3. The molecule has 0 aromatic carbocycles. The molecule has 0 heterocycles. The fraction of sp³-hybridized carbons (Fsp3) is 0.929. The summed E-state index contributed by atoms with van der Waals surface area (Å²) in [6.45, 7) is 5.99. The average Bonchev–Trinajstić information content (AvgIpc) is 2.26. The summed E-state index contributed by atoms with van der Waals surface area (Å²) < 4.78 is 0. The van der Waals surface area contributed by atoms with Crippen LogP contribution in [0.3, 0.4) is 0 Å². The van der Waals surface area contributed by atoms with Crippen LogP contribution in [0.5, 0.6) is 0 Å². The number of carbonyl (C=O) groups excluding carboxylic acids is 1. The first-order valence-electron chi connectivity index (χ1n) is 6.86. The fourth-order valence-electron chi connectivity index (χ4n) is 1.99. The molecular formula is C14H27BO. The van der Waals surface area contributed by atoms with Crippen molar-refractivity contribution in [2.75, 3.05) is 0 Å². The smallest absolute Gasteiger partial charge is 0.129 e. The van der Waals surface area contributed by atoms with Crippen molar-refractivity contribution in [1.82, 2.24) is 0 Å². The highest BCUT2D eigenvalue weighted by atomic mass is 16.1. The Labute approximate surface area is 103 Å². The predicted molar refractivity (Wildman–Crippen MR) is 72.0 cm³/mol. The number of unbranched alkanes of at least 4 members (excludes halogenated alkanes) is 6. The highest BCUT2D eigenvalue weighted by molar-refractivity contribution is 6.28. The number of rotatable bonds is 10. The van der Waals surface area contributed by atoms with Crippen LogP contribution in [0.1, 0.15) is 78.6 Å². The van der Waals surface area contributed by atoms with Gasteiger partial charge in [0.15, 0.2) is 0 Å². The number of hydrogen-bond donors (Lipinski definition) is 0. The van der Waals surface area contributed by atoms with Crippen molar-refractivity contribution in [2.45, 2.75) is 83.9 Å². The van der Waals surface area contributed by atoms with Crippen molar-refractivity contribution in [3.05, 3.63) is 0 Å². The Morgan fingerprint density at radius 3 is 2.00 bits per heavy atom. The van der Waals surface area contributed by atoms with E-state index in [0.29, 0.717) is 6.42 Å². The first-order valence-corrected chi connectivity index (χ1v) is 6.86. The van der Waals surface area contributed by atoms with E-state index in [4.69, 9.17) is 7.85 Å². The van der Waals surface area contributed by atoms with Gasteiger partial charge in [-0.2, -0.15) is 0 Å². The molecule has 0 saturated carbocycles. The largest absolute Gasteiger partial charge is 0.300 e. The molecule has 0 fully saturated rings. The first-order chi connectivity index (χ1) is 7.54. The van der Waals surface area contributed by atoms with E-state index in [1.54, 1.807) is 0 Å². The molecule has 0 bridgehead atoms. The predicted octanol–water partition coefficient (Wildman–Crippen LogP) is 4.45. The summed E-state index contributed by atoms with van der Waals surface area (Å²) in [7, 11) is 5.98. The van der Waals surface area contributed by atoms with Gasteiger partial charge >= 0.3 is 0 Å². The third kappa shape index (κ3) is 7.08. The minimum Gasteiger partial charge on any atom is -0.300 e. The molecule has 0 aliphatic heterocycles. The van der Waals surface area contributed by atoms with Crippen LogP contribution >= 0.6 is 0 Å². The Morgan fingerprint density at radius 2 is 1.50 bits per heavy atom. The molecule has 0 aromatic rings. The third-order valence-corrected chi connectivity index (χ3v) is 3.26. The summed E-state index contributed by atoms with van der Waals surface area (Å²) in [5.41, 5.74) is 0. The van der Waals surface area contributed by atoms with Crippen LogP contribution in [0, 0.1) is 0 Å². The van der Waals surface area contributed by atoms with Gasteiger partial charge in [0.25, 0.3) is 0 Å². The molecule has 0 aliphatic rings. The number of Topliss-reactive ketones (excluding diaryl/α,β-unsaturated/α-hetero) is 1. The molecule has 0 amide bonds. The van der Waals surface area contributed by atoms with Crippen molar-refractivity contribution in [1.29, 1.82) is 0 Å². The van der Waals surface area contributed by atoms with Crippen LogP contribution in [-0.2, 0) is 4.79 Å². The highest BCUT2D eigenvalue weighted by Gasteiger charge is 2.23. The summed E-state index contributed by atoms with van der Waals surface area (Å²) in [6.07, 6.45) is 10.3. The lowest BCUT2D eigenvalue weighted by Crippen LogP contribution is -2.19. The SMILES string of the molecule is [B]C(C)(CCCCCCCCC)C(=O)CC. The minimum atomic E-state index is -0.585. The lowest BCUT2D eigenvalue weighted by molar-refractivity contribution is -0.121. The zero-order chi connectivity index (χ0) is 12.4. The van der Waals surface area contributed by atoms with Gasteiger partial charge in [-0.05, 0) is 11.7 Å². The molecule has 0 aromatic heterocycles. The first kappa shape index (κ1) is 15.7. The second-order valence-electron chi connectivity index (χ2n) is 5.07. The molecule has 1 nitrogen and oxygen atoms in total. The molecule has 1 unspecified atom stereocenters. The maximum absolute atomic E-state index is 11.5. The van der Waals surface area contributed by atoms with Crippen molar-refractivity contribution in [3.8, 4) is 0 Å². The third-order valence-electron chi connectivity index (χ3n) is 3.26. The summed E-state index contributed by atoms with van der Waals surface area (Å²) in [6, 6.07) is 0. The van der Waals surface area contributed by atoms with E-state index < -0.39 is 5.31 Å². The number of carbonyl (C=O) groups is 1. The van der Waals surface area contributed by atoms with Crippen molar-refractivity contribution >= 4 is 13.6 Å². The van der Waals surface area contributed by atoms with E-state index in [1.165, 1.54) is 38.5 Å². The van der Waals surface area contributed by atoms with E-state index in [2.05, 4.69) is 6.92 Å². The van der Waals surface area contributed by atoms with E-state index in [1.807, 2.05) is 13.8 Å². The lowest BCUT2D eigenvalue weighted by atomic mass is 9.64. The van der Waals surface area contributed by atoms with Gasteiger partial charge in [-0.25, -0.2) is 0 Å². The summed E-state index contributed by atoms with van der Waals surface area (Å²) in [5.74, 6) is 0.193. The van der Waals surface area contributed by atoms with Gasteiger partial charge in [0.2, 0.25) is 0 Å². The molecular weight excluding hydrogens is 195 g/mol.